The second kappa shape index (κ2) is 6.79. The second-order valence-corrected chi connectivity index (χ2v) is 8.41. The van der Waals surface area contributed by atoms with Gasteiger partial charge in [-0.3, -0.25) is 9.69 Å². The fourth-order valence-electron chi connectivity index (χ4n) is 2.55. The summed E-state index contributed by atoms with van der Waals surface area (Å²) in [7, 11) is -1.07. The van der Waals surface area contributed by atoms with Crippen molar-refractivity contribution in [3.05, 3.63) is 35.4 Å². The molecule has 2 rings (SSSR count). The van der Waals surface area contributed by atoms with Gasteiger partial charge >= 0.3 is 0 Å². The van der Waals surface area contributed by atoms with E-state index in [1.54, 1.807) is 0 Å². The van der Waals surface area contributed by atoms with Gasteiger partial charge in [0.1, 0.15) is 0 Å². The Morgan fingerprint density at radius 3 is 2.55 bits per heavy atom. The third kappa shape index (κ3) is 4.55. The molecule has 2 atom stereocenters. The monoisotopic (exact) mass is 324 g/mol. The lowest BCUT2D eigenvalue weighted by molar-refractivity contribution is -0.126. The summed E-state index contributed by atoms with van der Waals surface area (Å²) in [6.45, 7) is 4.56. The number of hydrogen-bond acceptors (Lipinski definition) is 4. The molecule has 0 spiro atoms. The summed E-state index contributed by atoms with van der Waals surface area (Å²) in [4.78, 5) is 14.2. The summed E-state index contributed by atoms with van der Waals surface area (Å²) < 4.78 is 22.9. The second-order valence-electron chi connectivity index (χ2n) is 6.19. The zero-order valence-corrected chi connectivity index (χ0v) is 14.2. The number of hydrogen-bond donors (Lipinski definition) is 1. The van der Waals surface area contributed by atoms with Gasteiger partial charge in [0.25, 0.3) is 0 Å². The smallest absolute Gasteiger partial charge is 0.237 e. The van der Waals surface area contributed by atoms with Gasteiger partial charge in [-0.2, -0.15) is 0 Å². The summed E-state index contributed by atoms with van der Waals surface area (Å²) in [6.07, 6.45) is 0.516. The summed E-state index contributed by atoms with van der Waals surface area (Å²) in [5.74, 6) is 0.121. The molecule has 0 unspecified atom stereocenters. The van der Waals surface area contributed by atoms with Crippen LogP contribution in [0.2, 0.25) is 0 Å². The highest BCUT2D eigenvalue weighted by atomic mass is 32.2. The van der Waals surface area contributed by atoms with Crippen molar-refractivity contribution in [3.8, 4) is 0 Å². The van der Waals surface area contributed by atoms with E-state index in [0.717, 1.165) is 5.56 Å². The highest BCUT2D eigenvalue weighted by Crippen LogP contribution is 2.13. The SMILES string of the molecule is Cc1ccc(CN(C)[C@@H](C)C(=O)N[C@H]2CCS(=O)(=O)C2)cc1. The van der Waals surface area contributed by atoms with Crippen LogP contribution in [-0.2, 0) is 21.2 Å². The number of sulfone groups is 1. The van der Waals surface area contributed by atoms with Gasteiger partial charge in [-0.1, -0.05) is 29.8 Å². The first kappa shape index (κ1) is 17.0. The molecule has 1 amide bonds. The molecule has 1 aliphatic rings. The van der Waals surface area contributed by atoms with Crippen LogP contribution in [0.4, 0.5) is 0 Å². The Bertz CT molecular complexity index is 625. The molecule has 0 radical (unpaired) electrons. The van der Waals surface area contributed by atoms with Gasteiger partial charge in [0.2, 0.25) is 5.91 Å². The number of rotatable bonds is 5. The summed E-state index contributed by atoms with van der Waals surface area (Å²) >= 11 is 0. The lowest BCUT2D eigenvalue weighted by atomic mass is 10.1. The van der Waals surface area contributed by atoms with E-state index in [1.165, 1.54) is 5.56 Å². The topological polar surface area (TPSA) is 66.5 Å². The first-order chi connectivity index (χ1) is 10.3. The summed E-state index contributed by atoms with van der Waals surface area (Å²) in [5.41, 5.74) is 2.36. The third-order valence-corrected chi connectivity index (χ3v) is 5.94. The molecule has 1 N–H and O–H groups in total. The van der Waals surface area contributed by atoms with Crippen LogP contribution >= 0.6 is 0 Å². The molecule has 22 heavy (non-hydrogen) atoms. The molecule has 1 aromatic rings. The van der Waals surface area contributed by atoms with Crippen LogP contribution in [0, 0.1) is 6.92 Å². The Labute approximate surface area is 132 Å². The van der Waals surface area contributed by atoms with Crippen molar-refractivity contribution >= 4 is 15.7 Å². The fourth-order valence-corrected chi connectivity index (χ4v) is 4.22. The Morgan fingerprint density at radius 2 is 2.00 bits per heavy atom. The minimum atomic E-state index is -2.97. The number of benzene rings is 1. The van der Waals surface area contributed by atoms with E-state index in [9.17, 15) is 13.2 Å². The van der Waals surface area contributed by atoms with E-state index in [2.05, 4.69) is 29.6 Å². The van der Waals surface area contributed by atoms with Crippen LogP contribution in [0.15, 0.2) is 24.3 Å². The van der Waals surface area contributed by atoms with E-state index in [4.69, 9.17) is 0 Å². The average Bonchev–Trinajstić information content (AvgIpc) is 2.79. The molecule has 1 aliphatic heterocycles. The molecule has 1 fully saturated rings. The largest absolute Gasteiger partial charge is 0.351 e. The lowest BCUT2D eigenvalue weighted by Crippen LogP contribution is -2.47. The molecule has 1 aromatic carbocycles. The highest BCUT2D eigenvalue weighted by Gasteiger charge is 2.30. The predicted octanol–water partition coefficient (Wildman–Crippen LogP) is 1.12. The summed E-state index contributed by atoms with van der Waals surface area (Å²) in [6, 6.07) is 7.67. The number of nitrogens with one attached hydrogen (secondary N) is 1. The van der Waals surface area contributed by atoms with Gasteiger partial charge in [0, 0.05) is 12.6 Å². The molecule has 1 heterocycles. The van der Waals surface area contributed by atoms with Gasteiger partial charge in [-0.05, 0) is 32.9 Å². The minimum absolute atomic E-state index is 0.0626. The van der Waals surface area contributed by atoms with Gasteiger partial charge < -0.3 is 5.32 Å². The molecule has 6 heteroatoms. The minimum Gasteiger partial charge on any atom is -0.351 e. The maximum Gasteiger partial charge on any atom is 0.237 e. The van der Waals surface area contributed by atoms with Crippen molar-refractivity contribution in [2.24, 2.45) is 0 Å². The molecular formula is C16H24N2O3S. The maximum absolute atomic E-state index is 12.2. The van der Waals surface area contributed by atoms with Crippen LogP contribution in [-0.4, -0.2) is 49.9 Å². The molecule has 1 saturated heterocycles. The number of aryl methyl sites for hydroxylation is 1. The van der Waals surface area contributed by atoms with Crippen LogP contribution < -0.4 is 5.32 Å². The van der Waals surface area contributed by atoms with Crippen molar-refractivity contribution in [1.29, 1.82) is 0 Å². The normalized spacial score (nSPS) is 21.7. The van der Waals surface area contributed by atoms with Crippen molar-refractivity contribution < 1.29 is 13.2 Å². The van der Waals surface area contributed by atoms with E-state index < -0.39 is 9.84 Å². The number of amides is 1. The van der Waals surface area contributed by atoms with Gasteiger partial charge in [-0.15, -0.1) is 0 Å². The van der Waals surface area contributed by atoms with Gasteiger partial charge in [0.05, 0.1) is 17.5 Å². The average molecular weight is 324 g/mol. The molecule has 0 aliphatic carbocycles. The van der Waals surface area contributed by atoms with Crippen molar-refractivity contribution in [2.45, 2.75) is 38.9 Å². The highest BCUT2D eigenvalue weighted by molar-refractivity contribution is 7.91. The zero-order valence-electron chi connectivity index (χ0n) is 13.4. The number of likely N-dealkylation sites (N-methyl/N-ethyl adjacent to an activating group) is 1. The predicted molar refractivity (Wildman–Crippen MR) is 87.3 cm³/mol. The first-order valence-electron chi connectivity index (χ1n) is 7.53. The number of nitrogens with zero attached hydrogens (tertiary/aromatic N) is 1. The molecule has 122 valence electrons. The third-order valence-electron chi connectivity index (χ3n) is 4.17. The van der Waals surface area contributed by atoms with Crippen LogP contribution in [0.3, 0.4) is 0 Å². The summed E-state index contributed by atoms with van der Waals surface area (Å²) in [5, 5.41) is 2.85. The molecule has 0 aromatic heterocycles. The zero-order chi connectivity index (χ0) is 16.3. The van der Waals surface area contributed by atoms with Crippen LogP contribution in [0.5, 0.6) is 0 Å². The van der Waals surface area contributed by atoms with Crippen molar-refractivity contribution in [1.82, 2.24) is 10.2 Å². The Hall–Kier alpha value is -1.40. The van der Waals surface area contributed by atoms with Crippen molar-refractivity contribution in [2.75, 3.05) is 18.6 Å². The van der Waals surface area contributed by atoms with E-state index in [1.807, 2.05) is 25.8 Å². The van der Waals surface area contributed by atoms with Crippen LogP contribution in [0.25, 0.3) is 0 Å². The fraction of sp³-hybridized carbons (Fsp3) is 0.562. The Kier molecular flexibility index (Phi) is 5.24. The van der Waals surface area contributed by atoms with E-state index >= 15 is 0 Å². The van der Waals surface area contributed by atoms with E-state index in [-0.39, 0.29) is 29.5 Å². The van der Waals surface area contributed by atoms with Gasteiger partial charge in [0.15, 0.2) is 9.84 Å². The molecule has 0 bridgehead atoms. The number of carbonyl (C=O) groups is 1. The number of carbonyl (C=O) groups excluding carboxylic acids is 1. The standard InChI is InChI=1S/C16H24N2O3S/c1-12-4-6-14(7-5-12)10-18(3)13(2)16(19)17-15-8-9-22(20,21)11-15/h4-7,13,15H,8-11H2,1-3H3,(H,17,19)/t13-,15-/m0/s1. The quantitative estimate of drug-likeness (QED) is 0.881. The Balaban J connectivity index is 1.88. The Morgan fingerprint density at radius 1 is 1.36 bits per heavy atom. The first-order valence-corrected chi connectivity index (χ1v) is 9.35. The molecule has 5 nitrogen and oxygen atoms in total. The molecule has 0 saturated carbocycles. The van der Waals surface area contributed by atoms with E-state index in [0.29, 0.717) is 13.0 Å². The molecular weight excluding hydrogens is 300 g/mol. The maximum atomic E-state index is 12.2. The van der Waals surface area contributed by atoms with Crippen LogP contribution in [0.1, 0.15) is 24.5 Å². The van der Waals surface area contributed by atoms with Crippen molar-refractivity contribution in [3.63, 3.8) is 0 Å². The van der Waals surface area contributed by atoms with Gasteiger partial charge in [-0.25, -0.2) is 8.42 Å². The lowest BCUT2D eigenvalue weighted by Gasteiger charge is -2.25.